The van der Waals surface area contributed by atoms with E-state index in [-0.39, 0.29) is 0 Å². The summed E-state index contributed by atoms with van der Waals surface area (Å²) in [4.78, 5) is 0. The summed E-state index contributed by atoms with van der Waals surface area (Å²) in [6.07, 6.45) is 2.08. The van der Waals surface area contributed by atoms with Crippen LogP contribution in [0.1, 0.15) is 29.6 Å². The minimum atomic E-state index is 0.478. The van der Waals surface area contributed by atoms with Crippen molar-refractivity contribution < 1.29 is 0 Å². The summed E-state index contributed by atoms with van der Waals surface area (Å²) in [5, 5.41) is 9.18. The SMILES string of the molecule is Cc1nnc2n1CC(c1ccccc1Cl)CC2. The molecule has 2 aromatic rings. The van der Waals surface area contributed by atoms with Crippen molar-refractivity contribution in [3.63, 3.8) is 0 Å². The largest absolute Gasteiger partial charge is 0.315 e. The van der Waals surface area contributed by atoms with Crippen LogP contribution in [0.4, 0.5) is 0 Å². The highest BCUT2D eigenvalue weighted by Gasteiger charge is 2.23. The molecular formula is C13H14ClN3. The summed E-state index contributed by atoms with van der Waals surface area (Å²) >= 11 is 6.26. The van der Waals surface area contributed by atoms with Crippen LogP contribution in [0.5, 0.6) is 0 Å². The van der Waals surface area contributed by atoms with E-state index in [1.54, 1.807) is 0 Å². The Labute approximate surface area is 105 Å². The second kappa shape index (κ2) is 4.15. The molecule has 2 heterocycles. The van der Waals surface area contributed by atoms with Crippen LogP contribution in [0.2, 0.25) is 5.02 Å². The van der Waals surface area contributed by atoms with Crippen molar-refractivity contribution in [1.29, 1.82) is 0 Å². The van der Waals surface area contributed by atoms with Gasteiger partial charge in [-0.2, -0.15) is 0 Å². The first-order valence-electron chi connectivity index (χ1n) is 5.89. The maximum atomic E-state index is 6.26. The molecule has 3 nitrogen and oxygen atoms in total. The Hall–Kier alpha value is -1.35. The molecule has 0 saturated heterocycles. The summed E-state index contributed by atoms with van der Waals surface area (Å²) in [6, 6.07) is 8.11. The van der Waals surface area contributed by atoms with E-state index in [1.807, 2.05) is 19.1 Å². The molecule has 0 saturated carbocycles. The number of benzene rings is 1. The third-order valence-electron chi connectivity index (χ3n) is 3.48. The Morgan fingerprint density at radius 2 is 2.12 bits per heavy atom. The van der Waals surface area contributed by atoms with E-state index < -0.39 is 0 Å². The van der Waals surface area contributed by atoms with Gasteiger partial charge in [0, 0.05) is 23.9 Å². The Bertz CT molecular complexity index is 547. The van der Waals surface area contributed by atoms with Gasteiger partial charge in [0.2, 0.25) is 0 Å². The van der Waals surface area contributed by atoms with Gasteiger partial charge in [0.05, 0.1) is 0 Å². The third-order valence-corrected chi connectivity index (χ3v) is 3.82. The summed E-state index contributed by atoms with van der Waals surface area (Å²) < 4.78 is 2.21. The molecule has 3 rings (SSSR count). The smallest absolute Gasteiger partial charge is 0.133 e. The highest BCUT2D eigenvalue weighted by Crippen LogP contribution is 2.32. The van der Waals surface area contributed by atoms with E-state index >= 15 is 0 Å². The minimum absolute atomic E-state index is 0.478. The van der Waals surface area contributed by atoms with Crippen LogP contribution >= 0.6 is 11.6 Å². The van der Waals surface area contributed by atoms with Crippen LogP contribution < -0.4 is 0 Å². The van der Waals surface area contributed by atoms with Gasteiger partial charge in [-0.15, -0.1) is 10.2 Å². The summed E-state index contributed by atoms with van der Waals surface area (Å²) in [5.41, 5.74) is 1.24. The monoisotopic (exact) mass is 247 g/mol. The molecule has 17 heavy (non-hydrogen) atoms. The molecule has 0 fully saturated rings. The van der Waals surface area contributed by atoms with Crippen LogP contribution in [0.15, 0.2) is 24.3 Å². The van der Waals surface area contributed by atoms with Gasteiger partial charge in [-0.05, 0) is 25.0 Å². The topological polar surface area (TPSA) is 30.7 Å². The van der Waals surface area contributed by atoms with Gasteiger partial charge in [0.15, 0.2) is 0 Å². The van der Waals surface area contributed by atoms with Crippen molar-refractivity contribution >= 4 is 11.6 Å². The van der Waals surface area contributed by atoms with Crippen molar-refractivity contribution in [3.05, 3.63) is 46.5 Å². The Morgan fingerprint density at radius 3 is 2.94 bits per heavy atom. The fraction of sp³-hybridized carbons (Fsp3) is 0.385. The van der Waals surface area contributed by atoms with Crippen molar-refractivity contribution in [1.82, 2.24) is 14.8 Å². The van der Waals surface area contributed by atoms with Crippen molar-refractivity contribution in [3.8, 4) is 0 Å². The van der Waals surface area contributed by atoms with E-state index in [0.717, 1.165) is 36.1 Å². The molecule has 1 aromatic carbocycles. The molecule has 0 spiro atoms. The first-order valence-corrected chi connectivity index (χ1v) is 6.26. The highest BCUT2D eigenvalue weighted by atomic mass is 35.5. The average molecular weight is 248 g/mol. The van der Waals surface area contributed by atoms with Crippen molar-refractivity contribution in [2.45, 2.75) is 32.2 Å². The number of rotatable bonds is 1. The average Bonchev–Trinajstić information content (AvgIpc) is 2.71. The number of fused-ring (bicyclic) bond motifs is 1. The lowest BCUT2D eigenvalue weighted by Gasteiger charge is -2.25. The van der Waals surface area contributed by atoms with Gasteiger partial charge < -0.3 is 4.57 Å². The van der Waals surface area contributed by atoms with E-state index in [4.69, 9.17) is 11.6 Å². The van der Waals surface area contributed by atoms with Gasteiger partial charge in [0.25, 0.3) is 0 Å². The van der Waals surface area contributed by atoms with Gasteiger partial charge in [0.1, 0.15) is 11.6 Å². The number of hydrogen-bond donors (Lipinski definition) is 0. The lowest BCUT2D eigenvalue weighted by Crippen LogP contribution is -2.20. The normalized spacial score (nSPS) is 19.1. The van der Waals surface area contributed by atoms with Gasteiger partial charge in [-0.25, -0.2) is 0 Å². The number of hydrogen-bond acceptors (Lipinski definition) is 2. The zero-order chi connectivity index (χ0) is 11.8. The molecule has 1 unspecified atom stereocenters. The fourth-order valence-electron chi connectivity index (χ4n) is 2.52. The molecule has 1 aliphatic rings. The molecule has 4 heteroatoms. The number of aromatic nitrogens is 3. The molecule has 1 aliphatic heterocycles. The van der Waals surface area contributed by atoms with E-state index in [2.05, 4.69) is 26.9 Å². The molecule has 0 aliphatic carbocycles. The van der Waals surface area contributed by atoms with Crippen LogP contribution in [0.25, 0.3) is 0 Å². The maximum absolute atomic E-state index is 6.26. The summed E-state index contributed by atoms with van der Waals surface area (Å²) in [7, 11) is 0. The van der Waals surface area contributed by atoms with Crippen molar-refractivity contribution in [2.75, 3.05) is 0 Å². The predicted octanol–water partition coefficient (Wildman–Crippen LogP) is 2.97. The lowest BCUT2D eigenvalue weighted by molar-refractivity contribution is 0.450. The predicted molar refractivity (Wildman–Crippen MR) is 67.3 cm³/mol. The molecule has 1 atom stereocenters. The van der Waals surface area contributed by atoms with E-state index in [1.165, 1.54) is 5.56 Å². The second-order valence-corrected chi connectivity index (χ2v) is 4.94. The quantitative estimate of drug-likeness (QED) is 0.776. The number of halogens is 1. The molecule has 0 amide bonds. The van der Waals surface area contributed by atoms with Crippen molar-refractivity contribution in [2.24, 2.45) is 0 Å². The van der Waals surface area contributed by atoms with Gasteiger partial charge >= 0.3 is 0 Å². The minimum Gasteiger partial charge on any atom is -0.315 e. The fourth-order valence-corrected chi connectivity index (χ4v) is 2.81. The third kappa shape index (κ3) is 1.84. The van der Waals surface area contributed by atoms with Gasteiger partial charge in [-0.3, -0.25) is 0 Å². The molecule has 0 N–H and O–H groups in total. The lowest BCUT2D eigenvalue weighted by atomic mass is 9.91. The Kier molecular flexibility index (Phi) is 2.63. The van der Waals surface area contributed by atoms with E-state index in [9.17, 15) is 0 Å². The summed E-state index contributed by atoms with van der Waals surface area (Å²) in [6.45, 7) is 2.95. The molecule has 0 radical (unpaired) electrons. The first-order chi connectivity index (χ1) is 8.25. The number of aryl methyl sites for hydroxylation is 2. The Morgan fingerprint density at radius 1 is 1.29 bits per heavy atom. The second-order valence-electron chi connectivity index (χ2n) is 4.53. The van der Waals surface area contributed by atoms with E-state index in [0.29, 0.717) is 5.92 Å². The van der Waals surface area contributed by atoms with Crippen LogP contribution in [0.3, 0.4) is 0 Å². The number of nitrogens with zero attached hydrogens (tertiary/aromatic N) is 3. The van der Waals surface area contributed by atoms with Crippen LogP contribution in [0, 0.1) is 6.92 Å². The first kappa shape index (κ1) is 10.8. The maximum Gasteiger partial charge on any atom is 0.133 e. The molecule has 0 bridgehead atoms. The molecule has 1 aromatic heterocycles. The van der Waals surface area contributed by atoms with Crippen LogP contribution in [-0.4, -0.2) is 14.8 Å². The Balaban J connectivity index is 1.94. The zero-order valence-electron chi connectivity index (χ0n) is 9.73. The summed E-state index contributed by atoms with van der Waals surface area (Å²) in [5.74, 6) is 2.58. The molecular weight excluding hydrogens is 234 g/mol. The highest BCUT2D eigenvalue weighted by molar-refractivity contribution is 6.31. The zero-order valence-corrected chi connectivity index (χ0v) is 10.5. The van der Waals surface area contributed by atoms with Gasteiger partial charge in [-0.1, -0.05) is 29.8 Å². The standard InChI is InChI=1S/C13H14ClN3/c1-9-15-16-13-7-6-10(8-17(9)13)11-4-2-3-5-12(11)14/h2-5,10H,6-8H2,1H3. The van der Waals surface area contributed by atoms with Crippen LogP contribution in [-0.2, 0) is 13.0 Å². The molecule has 88 valence electrons.